The molecule has 0 radical (unpaired) electrons. The van der Waals surface area contributed by atoms with Gasteiger partial charge in [-0.15, -0.1) is 0 Å². The van der Waals surface area contributed by atoms with Gasteiger partial charge in [-0.1, -0.05) is 11.6 Å². The lowest BCUT2D eigenvalue weighted by Crippen LogP contribution is -2.50. The van der Waals surface area contributed by atoms with E-state index in [4.69, 9.17) is 21.4 Å². The molecule has 1 amide bonds. The van der Waals surface area contributed by atoms with E-state index in [1.165, 1.54) is 14.0 Å². The van der Waals surface area contributed by atoms with Crippen molar-refractivity contribution in [1.29, 1.82) is 0 Å². The monoisotopic (exact) mass is 237 g/mol. The quantitative estimate of drug-likeness (QED) is 0.588. The van der Waals surface area contributed by atoms with Crippen molar-refractivity contribution in [2.24, 2.45) is 0 Å². The largest absolute Gasteiger partial charge is 0.479 e. The van der Waals surface area contributed by atoms with Crippen LogP contribution in [0.5, 0.6) is 0 Å². The lowest BCUT2D eigenvalue weighted by atomic mass is 10.2. The number of aliphatic carboxylic acids is 1. The lowest BCUT2D eigenvalue weighted by Gasteiger charge is -2.31. The Balaban J connectivity index is 4.66. The Morgan fingerprint density at radius 2 is 1.67 bits per heavy atom. The van der Waals surface area contributed by atoms with Gasteiger partial charge in [0, 0.05) is 7.05 Å². The Bertz CT molecular complexity index is 270. The molecule has 0 aliphatic rings. The van der Waals surface area contributed by atoms with E-state index < -0.39 is 22.7 Å². The van der Waals surface area contributed by atoms with E-state index in [2.05, 4.69) is 0 Å². The molecule has 1 unspecified atom stereocenters. The second kappa shape index (κ2) is 4.26. The van der Waals surface area contributed by atoms with Crippen LogP contribution < -0.4 is 0 Å². The summed E-state index contributed by atoms with van der Waals surface area (Å²) < 4.78 is 4.98. The summed E-state index contributed by atoms with van der Waals surface area (Å²) >= 11 is 5.67. The van der Waals surface area contributed by atoms with E-state index in [0.717, 1.165) is 4.90 Å². The maximum atomic E-state index is 11.5. The van der Waals surface area contributed by atoms with Crippen molar-refractivity contribution in [3.63, 3.8) is 0 Å². The minimum atomic E-state index is -1.80. The number of hydrogen-bond acceptors (Lipinski definition) is 3. The van der Waals surface area contributed by atoms with Gasteiger partial charge in [0.1, 0.15) is 5.60 Å². The van der Waals surface area contributed by atoms with E-state index in [-0.39, 0.29) is 0 Å². The van der Waals surface area contributed by atoms with Crippen LogP contribution in [0.4, 0.5) is 4.79 Å². The molecule has 15 heavy (non-hydrogen) atoms. The predicted octanol–water partition coefficient (Wildman–Crippen LogP) is 1.89. The number of carboxylic acids is 1. The molecule has 5 nitrogen and oxygen atoms in total. The van der Waals surface area contributed by atoms with E-state index in [1.807, 2.05) is 0 Å². The van der Waals surface area contributed by atoms with Gasteiger partial charge in [0.2, 0.25) is 5.00 Å². The Kier molecular flexibility index (Phi) is 3.99. The van der Waals surface area contributed by atoms with Crippen LogP contribution in [-0.2, 0) is 9.53 Å². The molecule has 0 saturated carbocycles. The molecule has 0 spiro atoms. The van der Waals surface area contributed by atoms with Gasteiger partial charge in [-0.3, -0.25) is 4.90 Å². The summed E-state index contributed by atoms with van der Waals surface area (Å²) in [4.78, 5) is 21.2. The Labute approximate surface area is 94.0 Å². The molecule has 1 N–H and O–H groups in total. The summed E-state index contributed by atoms with van der Waals surface area (Å²) in [5, 5.41) is 8.78. The number of likely N-dealkylation sites (N-methyl/N-ethyl adjacent to an activating group) is 1. The maximum absolute atomic E-state index is 11.5. The van der Waals surface area contributed by atoms with Gasteiger partial charge in [-0.2, -0.15) is 0 Å². The van der Waals surface area contributed by atoms with E-state index in [9.17, 15) is 9.59 Å². The number of carboxylic acid groups (broad SMARTS) is 1. The van der Waals surface area contributed by atoms with Crippen molar-refractivity contribution in [3.8, 4) is 0 Å². The zero-order valence-corrected chi connectivity index (χ0v) is 10.3. The van der Waals surface area contributed by atoms with Gasteiger partial charge in [0.25, 0.3) is 0 Å². The van der Waals surface area contributed by atoms with Crippen LogP contribution in [0.25, 0.3) is 0 Å². The van der Waals surface area contributed by atoms with Gasteiger partial charge in [-0.05, 0) is 27.7 Å². The minimum absolute atomic E-state index is 0.684. The Morgan fingerprint density at radius 1 is 1.27 bits per heavy atom. The number of amides is 1. The first kappa shape index (κ1) is 14.0. The van der Waals surface area contributed by atoms with Crippen LogP contribution in [0.15, 0.2) is 0 Å². The summed E-state index contributed by atoms with van der Waals surface area (Å²) in [6.45, 7) is 6.27. The fraction of sp³-hybridized carbons (Fsp3) is 0.778. The second-order valence-electron chi connectivity index (χ2n) is 4.30. The summed E-state index contributed by atoms with van der Waals surface area (Å²) in [5.41, 5.74) is -0.684. The van der Waals surface area contributed by atoms with Crippen LogP contribution >= 0.6 is 11.6 Å². The van der Waals surface area contributed by atoms with Gasteiger partial charge < -0.3 is 9.84 Å². The molecule has 88 valence electrons. The fourth-order valence-electron chi connectivity index (χ4n) is 0.645. The lowest BCUT2D eigenvalue weighted by molar-refractivity contribution is -0.144. The Morgan fingerprint density at radius 3 is 1.93 bits per heavy atom. The van der Waals surface area contributed by atoms with Crippen molar-refractivity contribution < 1.29 is 19.4 Å². The molecule has 0 aromatic carbocycles. The number of nitrogens with zero attached hydrogens (tertiary/aromatic N) is 1. The average Bonchev–Trinajstić information content (AvgIpc) is 1.99. The third-order valence-corrected chi connectivity index (χ3v) is 2.10. The molecule has 0 heterocycles. The number of carbonyl (C=O) groups is 2. The molecule has 0 aromatic heterocycles. The molecule has 0 aromatic rings. The Hall–Kier alpha value is -0.970. The molecule has 0 aliphatic heterocycles. The second-order valence-corrected chi connectivity index (χ2v) is 5.03. The van der Waals surface area contributed by atoms with Gasteiger partial charge in [0.15, 0.2) is 0 Å². The topological polar surface area (TPSA) is 66.8 Å². The zero-order chi connectivity index (χ0) is 12.4. The van der Waals surface area contributed by atoms with Crippen LogP contribution in [-0.4, -0.2) is 39.7 Å². The van der Waals surface area contributed by atoms with Gasteiger partial charge in [-0.25, -0.2) is 9.59 Å². The van der Waals surface area contributed by atoms with E-state index in [1.54, 1.807) is 20.8 Å². The van der Waals surface area contributed by atoms with Crippen molar-refractivity contribution in [2.45, 2.75) is 38.3 Å². The number of hydrogen-bond donors (Lipinski definition) is 1. The first-order valence-electron chi connectivity index (χ1n) is 4.37. The van der Waals surface area contributed by atoms with Crippen LogP contribution in [0, 0.1) is 0 Å². The molecular weight excluding hydrogens is 222 g/mol. The number of halogens is 1. The summed E-state index contributed by atoms with van der Waals surface area (Å²) in [5.74, 6) is -1.31. The third-order valence-electron chi connectivity index (χ3n) is 1.69. The van der Waals surface area contributed by atoms with Crippen molar-refractivity contribution >= 4 is 23.7 Å². The molecule has 1 atom stereocenters. The fourth-order valence-corrected chi connectivity index (χ4v) is 0.714. The smallest absolute Gasteiger partial charge is 0.411 e. The van der Waals surface area contributed by atoms with Gasteiger partial charge >= 0.3 is 12.1 Å². The summed E-state index contributed by atoms with van der Waals surface area (Å²) in [6.07, 6.45) is -0.776. The molecule has 0 bridgehead atoms. The van der Waals surface area contributed by atoms with Crippen molar-refractivity contribution in [2.75, 3.05) is 7.05 Å². The number of carbonyl (C=O) groups excluding carboxylic acids is 1. The number of rotatable bonds is 2. The summed E-state index contributed by atoms with van der Waals surface area (Å²) in [6, 6.07) is 0. The highest BCUT2D eigenvalue weighted by Crippen LogP contribution is 2.21. The van der Waals surface area contributed by atoms with E-state index >= 15 is 0 Å². The highest BCUT2D eigenvalue weighted by molar-refractivity contribution is 6.33. The SMILES string of the molecule is CN(C(=O)OC(C)(C)C)C(C)(Cl)C(=O)O. The standard InChI is InChI=1S/C9H16ClNO4/c1-8(2,3)15-7(14)11(5)9(4,10)6(12)13/h1-5H3,(H,12,13). The molecule has 0 aliphatic carbocycles. The van der Waals surface area contributed by atoms with Crippen LogP contribution in [0.1, 0.15) is 27.7 Å². The minimum Gasteiger partial charge on any atom is -0.479 e. The average molecular weight is 238 g/mol. The normalized spacial score (nSPS) is 15.3. The van der Waals surface area contributed by atoms with Crippen LogP contribution in [0.2, 0.25) is 0 Å². The predicted molar refractivity (Wildman–Crippen MR) is 55.9 cm³/mol. The highest BCUT2D eigenvalue weighted by atomic mass is 35.5. The van der Waals surface area contributed by atoms with Gasteiger partial charge in [0.05, 0.1) is 0 Å². The third kappa shape index (κ3) is 3.95. The van der Waals surface area contributed by atoms with E-state index in [0.29, 0.717) is 0 Å². The molecular formula is C9H16ClNO4. The molecule has 0 fully saturated rings. The molecule has 0 rings (SSSR count). The first-order chi connectivity index (χ1) is 6.48. The molecule has 0 saturated heterocycles. The highest BCUT2D eigenvalue weighted by Gasteiger charge is 2.40. The number of alkyl halides is 1. The van der Waals surface area contributed by atoms with Crippen LogP contribution in [0.3, 0.4) is 0 Å². The molecule has 6 heteroatoms. The summed E-state index contributed by atoms with van der Waals surface area (Å²) in [7, 11) is 1.27. The first-order valence-corrected chi connectivity index (χ1v) is 4.75. The maximum Gasteiger partial charge on any atom is 0.411 e. The number of ether oxygens (including phenoxy) is 1. The zero-order valence-electron chi connectivity index (χ0n) is 9.50. The van der Waals surface area contributed by atoms with Crippen molar-refractivity contribution in [3.05, 3.63) is 0 Å². The van der Waals surface area contributed by atoms with Crippen molar-refractivity contribution in [1.82, 2.24) is 4.90 Å².